The molecule has 42 heavy (non-hydrogen) atoms. The molecular formula is C32H41F3O7. The minimum absolute atomic E-state index is 0.0918. The molecule has 232 valence electrons. The number of carbonyl (C=O) groups is 2. The van der Waals surface area contributed by atoms with Gasteiger partial charge in [0.2, 0.25) is 0 Å². The molecule has 1 aliphatic heterocycles. The fourth-order valence-corrected chi connectivity index (χ4v) is 4.56. The first-order valence-corrected chi connectivity index (χ1v) is 14.8. The van der Waals surface area contributed by atoms with Gasteiger partial charge in [0, 0.05) is 0 Å². The Morgan fingerprint density at radius 1 is 0.690 bits per heavy atom. The molecule has 10 heteroatoms. The van der Waals surface area contributed by atoms with Crippen LogP contribution in [0.5, 0.6) is 23.0 Å². The Balaban J connectivity index is 1.51. The summed E-state index contributed by atoms with van der Waals surface area (Å²) in [7, 11) is 0. The summed E-state index contributed by atoms with van der Waals surface area (Å²) in [6.07, 6.45) is -0.763. The molecule has 1 aliphatic rings. The highest BCUT2D eigenvalue weighted by atomic mass is 19.4. The van der Waals surface area contributed by atoms with E-state index in [1.807, 2.05) is 0 Å². The lowest BCUT2D eigenvalue weighted by molar-refractivity contribution is -0.261. The Kier molecular flexibility index (Phi) is 13.4. The quantitative estimate of drug-likeness (QED) is 0.111. The fourth-order valence-electron chi connectivity index (χ4n) is 4.56. The summed E-state index contributed by atoms with van der Waals surface area (Å²) in [4.78, 5) is 25.4. The van der Waals surface area contributed by atoms with Crippen LogP contribution in [0.25, 0.3) is 0 Å². The van der Waals surface area contributed by atoms with Crippen LogP contribution in [0.15, 0.2) is 48.5 Å². The minimum atomic E-state index is -4.89. The van der Waals surface area contributed by atoms with Gasteiger partial charge in [0.15, 0.2) is 12.2 Å². The van der Waals surface area contributed by atoms with Crippen molar-refractivity contribution in [1.82, 2.24) is 0 Å². The van der Waals surface area contributed by atoms with E-state index < -0.39 is 36.2 Å². The molecule has 3 atom stereocenters. The van der Waals surface area contributed by atoms with Gasteiger partial charge in [-0.3, -0.25) is 4.79 Å². The Morgan fingerprint density at radius 2 is 1.14 bits per heavy atom. The lowest BCUT2D eigenvalue weighted by atomic mass is 9.91. The molecular weight excluding hydrogens is 553 g/mol. The summed E-state index contributed by atoms with van der Waals surface area (Å²) in [6.45, 7) is 5.37. The second kappa shape index (κ2) is 17.0. The smallest absolute Gasteiger partial charge is 0.415 e. The third-order valence-electron chi connectivity index (χ3n) is 6.92. The number of hydrogen-bond acceptors (Lipinski definition) is 7. The van der Waals surface area contributed by atoms with Crippen molar-refractivity contribution in [3.63, 3.8) is 0 Å². The lowest BCUT2D eigenvalue weighted by Gasteiger charge is -2.35. The van der Waals surface area contributed by atoms with Crippen molar-refractivity contribution in [3.8, 4) is 23.0 Å². The van der Waals surface area contributed by atoms with Gasteiger partial charge in [-0.25, -0.2) is 4.79 Å². The second-order valence-corrected chi connectivity index (χ2v) is 10.4. The molecule has 0 spiro atoms. The van der Waals surface area contributed by atoms with Gasteiger partial charge in [0.1, 0.15) is 23.0 Å². The fraction of sp³-hybridized carbons (Fsp3) is 0.562. The van der Waals surface area contributed by atoms with Gasteiger partial charge in [0.05, 0.1) is 19.1 Å². The van der Waals surface area contributed by atoms with E-state index in [0.717, 1.165) is 51.4 Å². The average molecular weight is 595 g/mol. The zero-order chi connectivity index (χ0) is 30.4. The normalized spacial score (nSPS) is 18.7. The van der Waals surface area contributed by atoms with Crippen molar-refractivity contribution in [2.75, 3.05) is 13.2 Å². The van der Waals surface area contributed by atoms with E-state index in [1.54, 1.807) is 24.3 Å². The number of esters is 2. The van der Waals surface area contributed by atoms with Crippen molar-refractivity contribution < 1.29 is 46.4 Å². The highest BCUT2D eigenvalue weighted by molar-refractivity contribution is 5.79. The van der Waals surface area contributed by atoms with Crippen LogP contribution in [0.4, 0.5) is 13.2 Å². The Hall–Kier alpha value is -3.27. The molecule has 3 unspecified atom stereocenters. The van der Waals surface area contributed by atoms with Crippen LogP contribution in [-0.4, -0.2) is 43.5 Å². The second-order valence-electron chi connectivity index (χ2n) is 10.4. The predicted molar refractivity (Wildman–Crippen MR) is 151 cm³/mol. The summed E-state index contributed by atoms with van der Waals surface area (Å²) in [5.74, 6) is -2.25. The van der Waals surface area contributed by atoms with Crippen molar-refractivity contribution in [2.24, 2.45) is 5.92 Å². The van der Waals surface area contributed by atoms with Crippen LogP contribution in [0.3, 0.4) is 0 Å². The van der Waals surface area contributed by atoms with E-state index in [4.69, 9.17) is 23.7 Å². The van der Waals surface area contributed by atoms with Crippen LogP contribution in [0.2, 0.25) is 0 Å². The molecule has 0 aliphatic carbocycles. The maximum Gasteiger partial charge on any atom is 0.415 e. The average Bonchev–Trinajstić information content (AvgIpc) is 2.98. The molecule has 2 aromatic carbocycles. The van der Waals surface area contributed by atoms with E-state index in [0.29, 0.717) is 24.7 Å². The van der Waals surface area contributed by atoms with Crippen LogP contribution in [0.1, 0.15) is 78.1 Å². The molecule has 0 radical (unpaired) electrons. The zero-order valence-corrected chi connectivity index (χ0v) is 24.3. The predicted octanol–water partition coefficient (Wildman–Crippen LogP) is 7.84. The maximum atomic E-state index is 13.9. The Labute approximate surface area is 245 Å². The van der Waals surface area contributed by atoms with Crippen molar-refractivity contribution in [2.45, 2.75) is 96.4 Å². The molecule has 0 aromatic heterocycles. The summed E-state index contributed by atoms with van der Waals surface area (Å²) in [5, 5.41) is 0. The van der Waals surface area contributed by atoms with Gasteiger partial charge in [-0.2, -0.15) is 13.2 Å². The van der Waals surface area contributed by atoms with Gasteiger partial charge >= 0.3 is 18.1 Å². The molecule has 0 saturated carbocycles. The molecule has 3 rings (SSSR count). The van der Waals surface area contributed by atoms with Crippen molar-refractivity contribution in [3.05, 3.63) is 48.5 Å². The number of benzene rings is 2. The van der Waals surface area contributed by atoms with E-state index in [1.165, 1.54) is 24.3 Å². The summed E-state index contributed by atoms with van der Waals surface area (Å²) in [6, 6.07) is 12.4. The van der Waals surface area contributed by atoms with E-state index in [2.05, 4.69) is 13.8 Å². The molecule has 1 fully saturated rings. The van der Waals surface area contributed by atoms with Gasteiger partial charge in [-0.1, -0.05) is 52.4 Å². The van der Waals surface area contributed by atoms with Crippen LogP contribution < -0.4 is 18.9 Å². The Morgan fingerprint density at radius 3 is 1.60 bits per heavy atom. The van der Waals surface area contributed by atoms with Gasteiger partial charge in [0.25, 0.3) is 0 Å². The van der Waals surface area contributed by atoms with E-state index >= 15 is 0 Å². The topological polar surface area (TPSA) is 80.3 Å². The summed E-state index contributed by atoms with van der Waals surface area (Å²) in [5.41, 5.74) is 0. The van der Waals surface area contributed by atoms with E-state index in [9.17, 15) is 22.8 Å². The number of unbranched alkanes of at least 4 members (excludes halogenated alkanes) is 6. The number of alkyl halides is 3. The summed E-state index contributed by atoms with van der Waals surface area (Å²) < 4.78 is 68.6. The first kappa shape index (κ1) is 33.2. The third-order valence-corrected chi connectivity index (χ3v) is 6.92. The summed E-state index contributed by atoms with van der Waals surface area (Å²) >= 11 is 0. The Bertz CT molecular complexity index is 1090. The standard InChI is InChI=1S/C32H41F3O7/c1-3-5-7-9-21-38-23-11-15-25(16-12-23)40-30(36)27-19-20-28(42-29(27)32(33,34)35)31(37)41-26-17-13-24(14-18-26)39-22-10-8-6-4-2/h11-18,27-29H,3-10,19-22H2,1-2H3. The monoisotopic (exact) mass is 594 g/mol. The lowest BCUT2D eigenvalue weighted by Crippen LogP contribution is -2.51. The zero-order valence-electron chi connectivity index (χ0n) is 24.3. The first-order valence-electron chi connectivity index (χ1n) is 14.8. The van der Waals surface area contributed by atoms with Gasteiger partial charge < -0.3 is 23.7 Å². The molecule has 0 bridgehead atoms. The minimum Gasteiger partial charge on any atom is -0.494 e. The first-order chi connectivity index (χ1) is 20.2. The number of rotatable bonds is 16. The highest BCUT2D eigenvalue weighted by Gasteiger charge is 2.53. The molecule has 1 heterocycles. The van der Waals surface area contributed by atoms with Gasteiger partial charge in [-0.05, 0) is 74.2 Å². The largest absolute Gasteiger partial charge is 0.494 e. The SMILES string of the molecule is CCCCCCOc1ccc(OC(=O)C2CCC(C(=O)Oc3ccc(OCCCCCC)cc3)C(C(F)(F)F)O2)cc1. The number of ether oxygens (including phenoxy) is 5. The molecule has 7 nitrogen and oxygen atoms in total. The van der Waals surface area contributed by atoms with Crippen LogP contribution in [0, 0.1) is 5.92 Å². The molecule has 2 aromatic rings. The molecule has 0 N–H and O–H groups in total. The van der Waals surface area contributed by atoms with Gasteiger partial charge in [-0.15, -0.1) is 0 Å². The van der Waals surface area contributed by atoms with Crippen LogP contribution >= 0.6 is 0 Å². The molecule has 0 amide bonds. The van der Waals surface area contributed by atoms with E-state index in [-0.39, 0.29) is 24.3 Å². The van der Waals surface area contributed by atoms with Crippen LogP contribution in [-0.2, 0) is 14.3 Å². The number of carbonyl (C=O) groups excluding carboxylic acids is 2. The third kappa shape index (κ3) is 10.9. The van der Waals surface area contributed by atoms with Crippen molar-refractivity contribution >= 4 is 11.9 Å². The maximum absolute atomic E-state index is 13.9. The van der Waals surface area contributed by atoms with Crippen molar-refractivity contribution in [1.29, 1.82) is 0 Å². The number of hydrogen-bond donors (Lipinski definition) is 0. The highest BCUT2D eigenvalue weighted by Crippen LogP contribution is 2.37. The number of halogens is 3. The molecule has 1 saturated heterocycles.